The summed E-state index contributed by atoms with van der Waals surface area (Å²) < 4.78 is 64.3. The Labute approximate surface area is 472 Å². The molecule has 0 aromatic carbocycles. The lowest BCUT2D eigenvalue weighted by Gasteiger charge is -2.43. The van der Waals surface area contributed by atoms with Gasteiger partial charge in [-0.2, -0.15) is 0 Å². The van der Waals surface area contributed by atoms with Crippen molar-refractivity contribution >= 4 is 29.8 Å². The van der Waals surface area contributed by atoms with Crippen LogP contribution < -0.4 is 17.0 Å². The number of aromatic nitrogens is 2. The van der Waals surface area contributed by atoms with E-state index in [4.69, 9.17) is 57.8 Å². The van der Waals surface area contributed by atoms with E-state index >= 15 is 0 Å². The van der Waals surface area contributed by atoms with Crippen LogP contribution in [0.15, 0.2) is 21.9 Å². The molecule has 4 aliphatic heterocycles. The van der Waals surface area contributed by atoms with Gasteiger partial charge in [0, 0.05) is 66.6 Å². The second kappa shape index (κ2) is 32.0. The molecular formula is C54H89N5O22. The summed E-state index contributed by atoms with van der Waals surface area (Å²) in [5.74, 6) is -4.13. The van der Waals surface area contributed by atoms with Crippen molar-refractivity contribution < 1.29 is 96.5 Å². The van der Waals surface area contributed by atoms with Crippen molar-refractivity contribution in [3.05, 3.63) is 33.1 Å². The fourth-order valence-electron chi connectivity index (χ4n) is 11.1. The molecule has 12 unspecified atom stereocenters. The fourth-order valence-corrected chi connectivity index (χ4v) is 11.1. The Bertz CT molecular complexity index is 2290. The zero-order chi connectivity index (χ0) is 59.8. The summed E-state index contributed by atoms with van der Waals surface area (Å²) in [5.41, 5.74) is 4.00. The fraction of sp³-hybridized carbons (Fsp3) is 0.833. The Kier molecular flexibility index (Phi) is 26.6. The van der Waals surface area contributed by atoms with Gasteiger partial charge in [-0.3, -0.25) is 38.4 Å². The molecular weight excluding hydrogens is 1070 g/mol. The van der Waals surface area contributed by atoms with Gasteiger partial charge in [0.25, 0.3) is 5.56 Å². The van der Waals surface area contributed by atoms with Gasteiger partial charge in [-0.05, 0) is 38.6 Å². The summed E-state index contributed by atoms with van der Waals surface area (Å²) in [7, 11) is 8.11. The van der Waals surface area contributed by atoms with E-state index in [1.54, 1.807) is 13.8 Å². The number of aliphatic hydroxyl groups is 4. The third kappa shape index (κ3) is 17.8. The number of amides is 1. The van der Waals surface area contributed by atoms with Gasteiger partial charge in [0.2, 0.25) is 12.2 Å². The maximum Gasteiger partial charge on any atom is 0.332 e. The minimum absolute atomic E-state index is 0.203. The Balaban J connectivity index is 1.34. The Morgan fingerprint density at radius 2 is 1.33 bits per heavy atom. The van der Waals surface area contributed by atoms with Crippen LogP contribution in [0.3, 0.4) is 0 Å². The number of H-pyrrole nitrogens is 1. The molecule has 81 heavy (non-hydrogen) atoms. The van der Waals surface area contributed by atoms with Gasteiger partial charge in [-0.1, -0.05) is 72.1 Å². The van der Waals surface area contributed by atoms with Crippen LogP contribution in [-0.4, -0.2) is 229 Å². The van der Waals surface area contributed by atoms with Gasteiger partial charge in [-0.15, -0.1) is 0 Å². The van der Waals surface area contributed by atoms with Gasteiger partial charge in [-0.25, -0.2) is 9.59 Å². The summed E-state index contributed by atoms with van der Waals surface area (Å²) >= 11 is 0. The average Bonchev–Trinajstić information content (AvgIpc) is 3.95. The molecule has 462 valence electrons. The number of carbonyl (C=O) groups is 5. The number of aliphatic hydroxyl groups excluding tert-OH is 4. The van der Waals surface area contributed by atoms with Gasteiger partial charge >= 0.3 is 29.6 Å². The molecule has 4 saturated heterocycles. The molecule has 0 radical (unpaired) electrons. The molecule has 4 aliphatic rings. The zero-order valence-corrected chi connectivity index (χ0v) is 48.4. The third-order valence-corrected chi connectivity index (χ3v) is 15.5. The number of aromatic amines is 1. The third-order valence-electron chi connectivity index (χ3n) is 15.5. The monoisotopic (exact) mass is 1160 g/mol. The van der Waals surface area contributed by atoms with Crippen molar-refractivity contribution in [1.29, 1.82) is 0 Å². The minimum Gasteiger partial charge on any atom is -0.467 e. The van der Waals surface area contributed by atoms with E-state index in [2.05, 4.69) is 13.8 Å². The van der Waals surface area contributed by atoms with Gasteiger partial charge < -0.3 is 83.2 Å². The van der Waals surface area contributed by atoms with E-state index in [9.17, 15) is 54.0 Å². The van der Waals surface area contributed by atoms with Crippen molar-refractivity contribution in [2.24, 2.45) is 17.6 Å². The molecule has 0 spiro atoms. The maximum atomic E-state index is 14.9. The summed E-state index contributed by atoms with van der Waals surface area (Å²) in [6.45, 7) is 7.14. The SMILES string of the molecule is COC(=O)C1[C@@H](OC(=O)CC(CCCCCCCCCCC(C)C)OC(=O)CC(C)CC(=O)OC2OC(C)C(OC)C(OC)C2OC)CN(C)C([C@H](OC2O[C@H](CN)[C@@H](O)[C@H]2O)C2OC(n3ccc(=O)[nH]c3=O)[C@H](O)[C@@H]2O)C(=O)N1C. The Morgan fingerprint density at radius 3 is 1.91 bits per heavy atom. The van der Waals surface area contributed by atoms with Crippen LogP contribution in [0, 0.1) is 11.8 Å². The van der Waals surface area contributed by atoms with E-state index < -0.39 is 170 Å². The molecule has 7 N–H and O–H groups in total. The summed E-state index contributed by atoms with van der Waals surface area (Å²) in [5, 5.41) is 44.7. The number of methoxy groups -OCH3 is 4. The highest BCUT2D eigenvalue weighted by Gasteiger charge is 2.57. The first-order chi connectivity index (χ1) is 38.5. The Morgan fingerprint density at radius 1 is 0.728 bits per heavy atom. The lowest BCUT2D eigenvalue weighted by atomic mass is 9.97. The quantitative estimate of drug-likeness (QED) is 0.0329. The molecule has 27 nitrogen and oxygen atoms in total. The molecule has 1 amide bonds. The van der Waals surface area contributed by atoms with E-state index in [1.807, 2.05) is 4.98 Å². The number of hydrogen-bond donors (Lipinski definition) is 6. The summed E-state index contributed by atoms with van der Waals surface area (Å²) in [6, 6.07) is -2.30. The number of nitrogens with two attached hydrogens (primary N) is 1. The van der Waals surface area contributed by atoms with Crippen LogP contribution in [0.25, 0.3) is 0 Å². The summed E-state index contributed by atoms with van der Waals surface area (Å²) in [4.78, 5) is 98.9. The highest BCUT2D eigenvalue weighted by atomic mass is 16.7. The predicted octanol–water partition coefficient (Wildman–Crippen LogP) is -0.220. The van der Waals surface area contributed by atoms with Crippen molar-refractivity contribution in [2.45, 2.75) is 221 Å². The number of carbonyl (C=O) groups excluding carboxylic acids is 5. The van der Waals surface area contributed by atoms with Crippen molar-refractivity contribution in [3.63, 3.8) is 0 Å². The van der Waals surface area contributed by atoms with Gasteiger partial charge in [0.1, 0.15) is 79.3 Å². The molecule has 0 bridgehead atoms. The van der Waals surface area contributed by atoms with E-state index in [0.717, 1.165) is 67.4 Å². The van der Waals surface area contributed by atoms with Crippen molar-refractivity contribution in [2.75, 3.05) is 55.6 Å². The van der Waals surface area contributed by atoms with Crippen LogP contribution in [0.5, 0.6) is 0 Å². The highest BCUT2D eigenvalue weighted by molar-refractivity contribution is 5.89. The Hall–Kier alpha value is -4.49. The number of nitrogens with zero attached hydrogens (tertiary/aromatic N) is 3. The number of esters is 4. The number of ether oxygens (including phenoxy) is 11. The maximum absolute atomic E-state index is 14.9. The normalized spacial score (nSPS) is 32.0. The second-order valence-corrected chi connectivity index (χ2v) is 22.1. The number of rotatable bonds is 30. The first-order valence-electron chi connectivity index (χ1n) is 28.1. The van der Waals surface area contributed by atoms with Crippen LogP contribution in [0.2, 0.25) is 0 Å². The molecule has 27 heteroatoms. The van der Waals surface area contributed by atoms with E-state index in [-0.39, 0.29) is 25.8 Å². The van der Waals surface area contributed by atoms with Crippen LogP contribution in [0.1, 0.15) is 117 Å². The predicted molar refractivity (Wildman–Crippen MR) is 283 cm³/mol. The number of unbranched alkanes of at least 4 members (excludes halogenated alkanes) is 7. The van der Waals surface area contributed by atoms with Crippen LogP contribution >= 0.6 is 0 Å². The molecule has 19 atom stereocenters. The number of likely N-dealkylation sites (N-methyl/N-ethyl adjacent to an activating group) is 2. The molecule has 5 rings (SSSR count). The standard InChI is InChI=1S/C54H89N5O22/c1-28(2)19-17-15-13-11-12-14-16-18-20-31(76-35(61)23-29(3)24-36(62)79-53-48(73-9)47(72-8)44(71-7)30(4)75-53)25-37(63)77-33-27-57(5)39(49(68)58(6)38(33)51(69)74-10)45(81-52-43(67)40(64)32(26-55)78-52)46-41(65)42(66)50(80-46)59-22-21-34(60)56-54(59)70/h21-22,28-33,38-48,50,52-53,64-67H,11-20,23-27,55H2,1-10H3,(H,56,60,70)/t29?,30?,31?,32-,33+,38?,39?,40-,41+,42-,43-,44?,45+,46?,47?,48?,50?,52?,53?/m1/s1. The van der Waals surface area contributed by atoms with Crippen LogP contribution in [0.4, 0.5) is 0 Å². The van der Waals surface area contributed by atoms with Crippen molar-refractivity contribution in [1.82, 2.24) is 19.4 Å². The molecule has 1 aromatic rings. The van der Waals surface area contributed by atoms with Crippen molar-refractivity contribution in [3.8, 4) is 0 Å². The number of nitrogens with one attached hydrogen (secondary N) is 1. The zero-order valence-electron chi connectivity index (χ0n) is 48.4. The lowest BCUT2D eigenvalue weighted by molar-refractivity contribution is -0.297. The highest BCUT2D eigenvalue weighted by Crippen LogP contribution is 2.37. The first-order valence-corrected chi connectivity index (χ1v) is 28.1. The van der Waals surface area contributed by atoms with E-state index in [0.29, 0.717) is 12.3 Å². The average molecular weight is 1160 g/mol. The lowest BCUT2D eigenvalue weighted by Crippen LogP contribution is -2.59. The summed E-state index contributed by atoms with van der Waals surface area (Å²) in [6.07, 6.45) is -12.0. The molecule has 0 aliphatic carbocycles. The smallest absolute Gasteiger partial charge is 0.332 e. The largest absolute Gasteiger partial charge is 0.467 e. The molecule has 5 heterocycles. The topological polar surface area (TPSA) is 355 Å². The molecule has 1 aromatic heterocycles. The molecule has 0 saturated carbocycles. The first kappa shape index (κ1) is 67.3. The van der Waals surface area contributed by atoms with Gasteiger partial charge in [0.15, 0.2) is 18.6 Å². The minimum atomic E-state index is -1.94. The van der Waals surface area contributed by atoms with Gasteiger partial charge in [0.05, 0.1) is 19.6 Å². The second-order valence-electron chi connectivity index (χ2n) is 22.1. The van der Waals surface area contributed by atoms with Crippen LogP contribution in [-0.2, 0) is 76.1 Å². The molecule has 4 fully saturated rings. The number of hydrogen-bond acceptors (Lipinski definition) is 24. The van der Waals surface area contributed by atoms with E-state index in [1.165, 1.54) is 53.2 Å².